The molecule has 0 bridgehead atoms. The van der Waals surface area contributed by atoms with E-state index in [0.717, 1.165) is 23.5 Å². The van der Waals surface area contributed by atoms with Gasteiger partial charge in [-0.1, -0.05) is 22.9 Å². The maximum atomic E-state index is 13.3. The molecule has 0 spiro atoms. The Morgan fingerprint density at radius 3 is 2.72 bits per heavy atom. The lowest BCUT2D eigenvalue weighted by Crippen LogP contribution is -1.97. The first-order valence-electron chi connectivity index (χ1n) is 5.71. The van der Waals surface area contributed by atoms with Gasteiger partial charge in [0.15, 0.2) is 0 Å². The maximum absolute atomic E-state index is 13.3. The van der Waals surface area contributed by atoms with Gasteiger partial charge in [-0.15, -0.1) is 0 Å². The minimum Gasteiger partial charge on any atom is -0.496 e. The molecule has 2 aromatic rings. The smallest absolute Gasteiger partial charge is 0.123 e. The summed E-state index contributed by atoms with van der Waals surface area (Å²) in [5.74, 6) is 1.99. The Bertz CT molecular complexity index is 536. The molecule has 0 aliphatic heterocycles. The van der Waals surface area contributed by atoms with Crippen LogP contribution >= 0.6 is 15.9 Å². The van der Waals surface area contributed by atoms with E-state index in [2.05, 4.69) is 15.9 Å². The standard InChI is InChI=1S/C14H14BrFO2/c1-3-10-5-7-13(18-10)14(15)11-8-9(16)4-6-12(11)17-2/h4-8,14H,3H2,1-2H3. The molecule has 18 heavy (non-hydrogen) atoms. The molecule has 1 aromatic heterocycles. The molecule has 0 aliphatic rings. The second-order valence-corrected chi connectivity index (χ2v) is 4.82. The molecular formula is C14H14BrFO2. The monoisotopic (exact) mass is 312 g/mol. The maximum Gasteiger partial charge on any atom is 0.123 e. The summed E-state index contributed by atoms with van der Waals surface area (Å²) in [6.45, 7) is 2.02. The second-order valence-electron chi connectivity index (χ2n) is 3.91. The van der Waals surface area contributed by atoms with Crippen LogP contribution in [0.2, 0.25) is 0 Å². The van der Waals surface area contributed by atoms with Gasteiger partial charge in [0.05, 0.1) is 7.11 Å². The molecule has 0 saturated carbocycles. The first-order valence-corrected chi connectivity index (χ1v) is 6.63. The van der Waals surface area contributed by atoms with Gasteiger partial charge in [-0.05, 0) is 30.3 Å². The first kappa shape index (κ1) is 13.1. The van der Waals surface area contributed by atoms with Crippen LogP contribution in [0, 0.1) is 5.82 Å². The topological polar surface area (TPSA) is 22.4 Å². The molecule has 0 saturated heterocycles. The van der Waals surface area contributed by atoms with E-state index in [-0.39, 0.29) is 10.6 Å². The van der Waals surface area contributed by atoms with Crippen molar-refractivity contribution in [3.63, 3.8) is 0 Å². The summed E-state index contributed by atoms with van der Waals surface area (Å²) in [4.78, 5) is -0.219. The van der Waals surface area contributed by atoms with E-state index in [1.54, 1.807) is 13.2 Å². The van der Waals surface area contributed by atoms with Crippen molar-refractivity contribution in [1.29, 1.82) is 0 Å². The van der Waals surface area contributed by atoms with Gasteiger partial charge in [0.1, 0.15) is 27.9 Å². The van der Waals surface area contributed by atoms with Gasteiger partial charge in [-0.25, -0.2) is 4.39 Å². The summed E-state index contributed by atoms with van der Waals surface area (Å²) >= 11 is 3.52. The van der Waals surface area contributed by atoms with E-state index >= 15 is 0 Å². The first-order chi connectivity index (χ1) is 8.65. The van der Waals surface area contributed by atoms with Crippen LogP contribution in [0.1, 0.15) is 28.8 Å². The summed E-state index contributed by atoms with van der Waals surface area (Å²) in [5, 5.41) is 0. The molecular weight excluding hydrogens is 299 g/mol. The van der Waals surface area contributed by atoms with Gasteiger partial charge < -0.3 is 9.15 Å². The number of ether oxygens (including phenoxy) is 1. The highest BCUT2D eigenvalue weighted by molar-refractivity contribution is 9.09. The molecule has 1 aromatic carbocycles. The van der Waals surface area contributed by atoms with Crippen LogP contribution in [-0.4, -0.2) is 7.11 Å². The Morgan fingerprint density at radius 1 is 1.33 bits per heavy atom. The highest BCUT2D eigenvalue weighted by atomic mass is 79.9. The third-order valence-electron chi connectivity index (χ3n) is 2.75. The van der Waals surface area contributed by atoms with E-state index in [0.29, 0.717) is 5.75 Å². The predicted octanol–water partition coefficient (Wildman–Crippen LogP) is 4.47. The number of hydrogen-bond acceptors (Lipinski definition) is 2. The van der Waals surface area contributed by atoms with Crippen molar-refractivity contribution >= 4 is 15.9 Å². The Morgan fingerprint density at radius 2 is 2.11 bits per heavy atom. The molecule has 0 amide bonds. The summed E-state index contributed by atoms with van der Waals surface area (Å²) in [6.07, 6.45) is 0.833. The van der Waals surface area contributed by atoms with Crippen LogP contribution in [0.15, 0.2) is 34.7 Å². The number of rotatable bonds is 4. The number of alkyl halides is 1. The lowest BCUT2D eigenvalue weighted by Gasteiger charge is -2.12. The van der Waals surface area contributed by atoms with Crippen molar-refractivity contribution in [3.8, 4) is 5.75 Å². The van der Waals surface area contributed by atoms with Crippen molar-refractivity contribution in [1.82, 2.24) is 0 Å². The minimum absolute atomic E-state index is 0.219. The highest BCUT2D eigenvalue weighted by Crippen LogP contribution is 2.37. The number of methoxy groups -OCH3 is 1. The zero-order chi connectivity index (χ0) is 13.1. The number of aryl methyl sites for hydroxylation is 1. The van der Waals surface area contributed by atoms with E-state index in [4.69, 9.17) is 9.15 Å². The molecule has 2 rings (SSSR count). The van der Waals surface area contributed by atoms with Gasteiger partial charge in [-0.3, -0.25) is 0 Å². The lowest BCUT2D eigenvalue weighted by molar-refractivity contribution is 0.406. The predicted molar refractivity (Wildman–Crippen MR) is 71.8 cm³/mol. The Balaban J connectivity index is 2.38. The molecule has 2 nitrogen and oxygen atoms in total. The number of benzene rings is 1. The van der Waals surface area contributed by atoms with Crippen molar-refractivity contribution in [2.75, 3.05) is 7.11 Å². The molecule has 0 fully saturated rings. The average Bonchev–Trinajstić information content (AvgIpc) is 2.86. The summed E-state index contributed by atoms with van der Waals surface area (Å²) in [5.41, 5.74) is 0.717. The van der Waals surface area contributed by atoms with Gasteiger partial charge in [0.2, 0.25) is 0 Å². The Labute approximate surface area is 114 Å². The van der Waals surface area contributed by atoms with Crippen molar-refractivity contribution in [3.05, 3.63) is 53.2 Å². The Hall–Kier alpha value is -1.29. The normalized spacial score (nSPS) is 12.4. The number of hydrogen-bond donors (Lipinski definition) is 0. The zero-order valence-corrected chi connectivity index (χ0v) is 11.8. The van der Waals surface area contributed by atoms with Gasteiger partial charge in [0, 0.05) is 12.0 Å². The van der Waals surface area contributed by atoms with Crippen molar-refractivity contribution in [2.24, 2.45) is 0 Å². The van der Waals surface area contributed by atoms with Crippen molar-refractivity contribution < 1.29 is 13.5 Å². The van der Waals surface area contributed by atoms with E-state index in [9.17, 15) is 4.39 Å². The van der Waals surface area contributed by atoms with Crippen LogP contribution in [0.3, 0.4) is 0 Å². The van der Waals surface area contributed by atoms with Crippen LogP contribution in [0.25, 0.3) is 0 Å². The fourth-order valence-electron chi connectivity index (χ4n) is 1.78. The molecule has 0 aliphatic carbocycles. The minimum atomic E-state index is -0.294. The summed E-state index contributed by atoms with van der Waals surface area (Å²) in [7, 11) is 1.57. The number of furan rings is 1. The van der Waals surface area contributed by atoms with Gasteiger partial charge >= 0.3 is 0 Å². The summed E-state index contributed by atoms with van der Waals surface area (Å²) in [6, 6.07) is 8.26. The molecule has 1 heterocycles. The number of halogens is 2. The molecule has 96 valence electrons. The molecule has 4 heteroatoms. The van der Waals surface area contributed by atoms with E-state index in [1.165, 1.54) is 12.1 Å². The van der Waals surface area contributed by atoms with E-state index < -0.39 is 0 Å². The quantitative estimate of drug-likeness (QED) is 0.777. The average molecular weight is 313 g/mol. The summed E-state index contributed by atoms with van der Waals surface area (Å²) < 4.78 is 24.2. The largest absolute Gasteiger partial charge is 0.496 e. The van der Waals surface area contributed by atoms with Gasteiger partial charge in [-0.2, -0.15) is 0 Å². The van der Waals surface area contributed by atoms with Crippen molar-refractivity contribution in [2.45, 2.75) is 18.2 Å². The van der Waals surface area contributed by atoms with Crippen LogP contribution in [-0.2, 0) is 6.42 Å². The highest BCUT2D eigenvalue weighted by Gasteiger charge is 2.19. The molecule has 0 radical (unpaired) electrons. The van der Waals surface area contributed by atoms with Gasteiger partial charge in [0.25, 0.3) is 0 Å². The van der Waals surface area contributed by atoms with Crippen LogP contribution in [0.5, 0.6) is 5.75 Å². The van der Waals surface area contributed by atoms with E-state index in [1.807, 2.05) is 19.1 Å². The second kappa shape index (κ2) is 5.57. The van der Waals surface area contributed by atoms with Crippen LogP contribution in [0.4, 0.5) is 4.39 Å². The molecule has 1 unspecified atom stereocenters. The molecule has 0 N–H and O–H groups in total. The Kier molecular flexibility index (Phi) is 4.07. The third kappa shape index (κ3) is 2.58. The fourth-order valence-corrected chi connectivity index (χ4v) is 2.38. The molecule has 1 atom stereocenters. The SMILES string of the molecule is CCc1ccc(C(Br)c2cc(F)ccc2OC)o1. The fraction of sp³-hybridized carbons (Fsp3) is 0.286. The third-order valence-corrected chi connectivity index (χ3v) is 3.69. The van der Waals surface area contributed by atoms with Crippen LogP contribution < -0.4 is 4.74 Å². The lowest BCUT2D eigenvalue weighted by atomic mass is 10.1. The zero-order valence-electron chi connectivity index (χ0n) is 10.2.